The zero-order valence-electron chi connectivity index (χ0n) is 8.41. The molecular weight excluding hydrogens is 246 g/mol. The van der Waals surface area contributed by atoms with Crippen molar-refractivity contribution in [3.8, 4) is 0 Å². The predicted octanol–water partition coefficient (Wildman–Crippen LogP) is 3.29. The molecule has 6 heteroatoms. The minimum Gasteiger partial charge on any atom is -0.316 e. The molecule has 0 heterocycles. The smallest absolute Gasteiger partial charge is 0.316 e. The second kappa shape index (κ2) is 4.59. The maximum Gasteiger partial charge on any atom is 0.428 e. The van der Waals surface area contributed by atoms with Gasteiger partial charge in [-0.1, -0.05) is 23.7 Å². The van der Waals surface area contributed by atoms with E-state index in [0.717, 1.165) is 12.1 Å². The lowest BCUT2D eigenvalue weighted by atomic mass is 9.95. The summed E-state index contributed by atoms with van der Waals surface area (Å²) < 4.78 is 51.9. The molecule has 1 unspecified atom stereocenters. The normalized spacial score (nSPS) is 15.9. The van der Waals surface area contributed by atoms with Crippen molar-refractivity contribution in [2.24, 2.45) is 0 Å². The second-order valence-electron chi connectivity index (χ2n) is 3.34. The van der Waals surface area contributed by atoms with E-state index in [0.29, 0.717) is 0 Å². The highest BCUT2D eigenvalue weighted by Crippen LogP contribution is 2.42. The standard InChI is InChI=1S/C10H10ClF4N/c1-16-6-9(12,10(13,14)15)7-3-2-4-8(11)5-7/h2-5,16H,6H2,1H3. The molecule has 1 nitrogen and oxygen atoms in total. The van der Waals surface area contributed by atoms with Crippen LogP contribution in [0.15, 0.2) is 24.3 Å². The summed E-state index contributed by atoms with van der Waals surface area (Å²) in [6, 6.07) is 4.72. The van der Waals surface area contributed by atoms with E-state index < -0.39 is 24.0 Å². The lowest BCUT2D eigenvalue weighted by Crippen LogP contribution is -2.45. The first-order valence-corrected chi connectivity index (χ1v) is 4.85. The van der Waals surface area contributed by atoms with Crippen LogP contribution in [0.1, 0.15) is 5.56 Å². The maximum absolute atomic E-state index is 14.0. The first-order valence-electron chi connectivity index (χ1n) is 4.47. The van der Waals surface area contributed by atoms with Gasteiger partial charge in [0.25, 0.3) is 0 Å². The van der Waals surface area contributed by atoms with E-state index in [-0.39, 0.29) is 5.02 Å². The van der Waals surface area contributed by atoms with Gasteiger partial charge in [-0.05, 0) is 19.2 Å². The fourth-order valence-corrected chi connectivity index (χ4v) is 1.53. The maximum atomic E-state index is 14.0. The van der Waals surface area contributed by atoms with Crippen LogP contribution in [0.3, 0.4) is 0 Å². The highest BCUT2D eigenvalue weighted by Gasteiger charge is 2.56. The van der Waals surface area contributed by atoms with Gasteiger partial charge in [0.15, 0.2) is 0 Å². The van der Waals surface area contributed by atoms with Gasteiger partial charge in [-0.15, -0.1) is 0 Å². The molecule has 0 aliphatic carbocycles. The molecule has 1 aromatic rings. The van der Waals surface area contributed by atoms with Crippen molar-refractivity contribution in [3.63, 3.8) is 0 Å². The molecular formula is C10H10ClF4N. The Morgan fingerprint density at radius 2 is 1.88 bits per heavy atom. The Morgan fingerprint density at radius 1 is 1.25 bits per heavy atom. The van der Waals surface area contributed by atoms with E-state index in [4.69, 9.17) is 11.6 Å². The molecule has 90 valence electrons. The zero-order chi connectivity index (χ0) is 12.4. The third-order valence-corrected chi connectivity index (χ3v) is 2.39. The molecule has 0 aliphatic rings. The number of likely N-dealkylation sites (N-methyl/N-ethyl adjacent to an activating group) is 1. The monoisotopic (exact) mass is 255 g/mol. The topological polar surface area (TPSA) is 12.0 Å². The molecule has 0 aromatic heterocycles. The van der Waals surface area contributed by atoms with Gasteiger partial charge >= 0.3 is 6.18 Å². The Labute approximate surface area is 95.4 Å². The molecule has 1 atom stereocenters. The lowest BCUT2D eigenvalue weighted by Gasteiger charge is -2.28. The molecule has 0 radical (unpaired) electrons. The van der Waals surface area contributed by atoms with Gasteiger partial charge in [-0.3, -0.25) is 0 Å². The third kappa shape index (κ3) is 2.47. The first-order chi connectivity index (χ1) is 7.31. The van der Waals surface area contributed by atoms with Gasteiger partial charge in [-0.25, -0.2) is 4.39 Å². The van der Waals surface area contributed by atoms with Crippen LogP contribution in [0.4, 0.5) is 17.6 Å². The molecule has 0 saturated heterocycles. The van der Waals surface area contributed by atoms with Crippen LogP contribution >= 0.6 is 11.6 Å². The number of nitrogens with one attached hydrogen (secondary N) is 1. The molecule has 0 spiro atoms. The number of rotatable bonds is 3. The van der Waals surface area contributed by atoms with Crippen LogP contribution in [0.25, 0.3) is 0 Å². The molecule has 16 heavy (non-hydrogen) atoms. The molecule has 0 aliphatic heterocycles. The van der Waals surface area contributed by atoms with Crippen LogP contribution in [0.2, 0.25) is 5.02 Å². The Hall–Kier alpha value is -0.810. The third-order valence-electron chi connectivity index (χ3n) is 2.15. The molecule has 1 rings (SSSR count). The summed E-state index contributed by atoms with van der Waals surface area (Å²) in [6.07, 6.45) is -4.99. The average Bonchev–Trinajstić information content (AvgIpc) is 2.16. The summed E-state index contributed by atoms with van der Waals surface area (Å²) in [4.78, 5) is 0. The minimum absolute atomic E-state index is 0.0693. The molecule has 0 fully saturated rings. The molecule has 1 N–H and O–H groups in total. The minimum atomic E-state index is -4.99. The quantitative estimate of drug-likeness (QED) is 0.818. The summed E-state index contributed by atoms with van der Waals surface area (Å²) in [5.74, 6) is 0. The Bertz CT molecular complexity index is 366. The van der Waals surface area contributed by atoms with Gasteiger partial charge in [0.1, 0.15) is 0 Å². The number of halogens is 5. The second-order valence-corrected chi connectivity index (χ2v) is 3.78. The van der Waals surface area contributed by atoms with Gasteiger partial charge in [0, 0.05) is 17.1 Å². The van der Waals surface area contributed by atoms with Crippen molar-refractivity contribution in [2.45, 2.75) is 11.8 Å². The largest absolute Gasteiger partial charge is 0.428 e. The fraction of sp³-hybridized carbons (Fsp3) is 0.400. The van der Waals surface area contributed by atoms with Crippen molar-refractivity contribution in [3.05, 3.63) is 34.9 Å². The van der Waals surface area contributed by atoms with E-state index in [2.05, 4.69) is 5.32 Å². The Balaban J connectivity index is 3.21. The SMILES string of the molecule is CNCC(F)(c1cccc(Cl)c1)C(F)(F)F. The molecule has 0 amide bonds. The Kier molecular flexibility index (Phi) is 3.80. The summed E-state index contributed by atoms with van der Waals surface area (Å²) in [5.41, 5.74) is -3.92. The summed E-state index contributed by atoms with van der Waals surface area (Å²) >= 11 is 5.55. The van der Waals surface area contributed by atoms with E-state index in [1.165, 1.54) is 19.2 Å². The van der Waals surface area contributed by atoms with Gasteiger partial charge in [0.05, 0.1) is 0 Å². The van der Waals surface area contributed by atoms with E-state index in [9.17, 15) is 17.6 Å². The Morgan fingerprint density at radius 3 is 2.31 bits per heavy atom. The van der Waals surface area contributed by atoms with Crippen LogP contribution in [0, 0.1) is 0 Å². The van der Waals surface area contributed by atoms with Crippen molar-refractivity contribution < 1.29 is 17.6 Å². The zero-order valence-corrected chi connectivity index (χ0v) is 9.16. The summed E-state index contributed by atoms with van der Waals surface area (Å²) in [6.45, 7) is -0.850. The number of benzene rings is 1. The van der Waals surface area contributed by atoms with Gasteiger partial charge < -0.3 is 5.32 Å². The van der Waals surface area contributed by atoms with Gasteiger partial charge in [-0.2, -0.15) is 13.2 Å². The highest BCUT2D eigenvalue weighted by molar-refractivity contribution is 6.30. The molecule has 0 saturated carbocycles. The van der Waals surface area contributed by atoms with Crippen molar-refractivity contribution >= 4 is 11.6 Å². The lowest BCUT2D eigenvalue weighted by molar-refractivity contribution is -0.233. The number of hydrogen-bond donors (Lipinski definition) is 1. The molecule has 1 aromatic carbocycles. The van der Waals surface area contributed by atoms with Crippen molar-refractivity contribution in [1.29, 1.82) is 0 Å². The number of alkyl halides is 4. The van der Waals surface area contributed by atoms with Crippen LogP contribution < -0.4 is 5.32 Å². The van der Waals surface area contributed by atoms with Crippen LogP contribution in [-0.2, 0) is 5.67 Å². The van der Waals surface area contributed by atoms with E-state index in [1.807, 2.05) is 0 Å². The van der Waals surface area contributed by atoms with Crippen LogP contribution in [-0.4, -0.2) is 19.8 Å². The van der Waals surface area contributed by atoms with E-state index >= 15 is 0 Å². The van der Waals surface area contributed by atoms with Crippen molar-refractivity contribution in [1.82, 2.24) is 5.32 Å². The predicted molar refractivity (Wildman–Crippen MR) is 54.2 cm³/mol. The van der Waals surface area contributed by atoms with Crippen LogP contribution in [0.5, 0.6) is 0 Å². The summed E-state index contributed by atoms with van der Waals surface area (Å²) in [5, 5.41) is 2.26. The fourth-order valence-electron chi connectivity index (χ4n) is 1.34. The van der Waals surface area contributed by atoms with E-state index in [1.54, 1.807) is 0 Å². The average molecular weight is 256 g/mol. The summed E-state index contributed by atoms with van der Waals surface area (Å²) in [7, 11) is 1.25. The van der Waals surface area contributed by atoms with Crippen molar-refractivity contribution in [2.75, 3.05) is 13.6 Å². The first kappa shape index (κ1) is 13.3. The highest BCUT2D eigenvalue weighted by atomic mass is 35.5. The van der Waals surface area contributed by atoms with Gasteiger partial charge in [0.2, 0.25) is 5.67 Å². The molecule has 0 bridgehead atoms. The number of hydrogen-bond acceptors (Lipinski definition) is 1.